The fourth-order valence-corrected chi connectivity index (χ4v) is 2.40. The summed E-state index contributed by atoms with van der Waals surface area (Å²) in [5.41, 5.74) is 7.55. The molecule has 0 radical (unpaired) electrons. The normalized spacial score (nSPS) is 11.3. The van der Waals surface area contributed by atoms with E-state index >= 15 is 0 Å². The molecule has 0 spiro atoms. The first-order valence-electron chi connectivity index (χ1n) is 5.52. The first kappa shape index (κ1) is 13.4. The third-order valence-corrected chi connectivity index (χ3v) is 3.75. The number of nitrogen functional groups attached to an aromatic ring is 1. The van der Waals surface area contributed by atoms with Crippen LogP contribution in [-0.4, -0.2) is 26.8 Å². The Labute approximate surface area is 112 Å². The third-order valence-electron chi connectivity index (χ3n) is 2.64. The lowest BCUT2D eigenvalue weighted by molar-refractivity contribution is 0.400. The average molecular weight is 278 g/mol. The molecule has 0 aliphatic heterocycles. The smallest absolute Gasteiger partial charge is 0.221 e. The standard InChI is InChI=1S/C13H14N2O3S/c1-18-13-12(7-10(14)8-15-13)9-4-3-5-11(6-9)19(2,16)17/h3-8H,14H2,1-2H3. The Balaban J connectivity index is 2.62. The molecule has 1 aromatic heterocycles. The maximum Gasteiger partial charge on any atom is 0.221 e. The van der Waals surface area contributed by atoms with Gasteiger partial charge in [-0.25, -0.2) is 13.4 Å². The number of hydrogen-bond donors (Lipinski definition) is 1. The number of ether oxygens (including phenoxy) is 1. The van der Waals surface area contributed by atoms with Gasteiger partial charge in [-0.15, -0.1) is 0 Å². The van der Waals surface area contributed by atoms with Crippen molar-refractivity contribution < 1.29 is 13.2 Å². The highest BCUT2D eigenvalue weighted by Gasteiger charge is 2.12. The van der Waals surface area contributed by atoms with Crippen LogP contribution in [0, 0.1) is 0 Å². The second-order valence-corrected chi connectivity index (χ2v) is 6.14. The quantitative estimate of drug-likeness (QED) is 0.924. The van der Waals surface area contributed by atoms with Crippen LogP contribution in [0.5, 0.6) is 5.88 Å². The van der Waals surface area contributed by atoms with Crippen LogP contribution in [0.1, 0.15) is 0 Å². The SMILES string of the molecule is COc1ncc(N)cc1-c1cccc(S(C)(=O)=O)c1. The van der Waals surface area contributed by atoms with Crippen molar-refractivity contribution in [3.05, 3.63) is 36.5 Å². The summed E-state index contributed by atoms with van der Waals surface area (Å²) in [6.45, 7) is 0. The molecule has 1 heterocycles. The molecule has 5 nitrogen and oxygen atoms in total. The molecule has 0 atom stereocenters. The number of pyridine rings is 1. The van der Waals surface area contributed by atoms with Gasteiger partial charge in [0, 0.05) is 11.8 Å². The molecule has 0 aliphatic rings. The van der Waals surface area contributed by atoms with Gasteiger partial charge in [-0.05, 0) is 23.8 Å². The largest absolute Gasteiger partial charge is 0.481 e. The molecule has 0 aliphatic carbocycles. The van der Waals surface area contributed by atoms with Crippen molar-refractivity contribution in [2.45, 2.75) is 4.90 Å². The van der Waals surface area contributed by atoms with Crippen molar-refractivity contribution in [1.29, 1.82) is 0 Å². The summed E-state index contributed by atoms with van der Waals surface area (Å²) in [6.07, 6.45) is 2.66. The highest BCUT2D eigenvalue weighted by molar-refractivity contribution is 7.90. The maximum atomic E-state index is 11.6. The molecule has 2 N–H and O–H groups in total. The van der Waals surface area contributed by atoms with Gasteiger partial charge in [0.1, 0.15) is 0 Å². The summed E-state index contributed by atoms with van der Waals surface area (Å²) in [5, 5.41) is 0. The van der Waals surface area contributed by atoms with Gasteiger partial charge in [0.2, 0.25) is 5.88 Å². The highest BCUT2D eigenvalue weighted by atomic mass is 32.2. The monoisotopic (exact) mass is 278 g/mol. The molecule has 0 unspecified atom stereocenters. The first-order valence-corrected chi connectivity index (χ1v) is 7.41. The van der Waals surface area contributed by atoms with Crippen molar-refractivity contribution in [3.63, 3.8) is 0 Å². The topological polar surface area (TPSA) is 82.3 Å². The molecule has 0 fully saturated rings. The molecule has 2 rings (SSSR count). The van der Waals surface area contributed by atoms with Crippen molar-refractivity contribution in [2.24, 2.45) is 0 Å². The summed E-state index contributed by atoms with van der Waals surface area (Å²) >= 11 is 0. The average Bonchev–Trinajstić information content (AvgIpc) is 2.38. The molecular weight excluding hydrogens is 264 g/mol. The summed E-state index contributed by atoms with van der Waals surface area (Å²) in [4.78, 5) is 4.31. The van der Waals surface area contributed by atoms with Crippen molar-refractivity contribution >= 4 is 15.5 Å². The molecule has 0 saturated heterocycles. The lowest BCUT2D eigenvalue weighted by atomic mass is 10.1. The number of nitrogens with two attached hydrogens (primary N) is 1. The van der Waals surface area contributed by atoms with Crippen LogP contribution in [0.2, 0.25) is 0 Å². The summed E-state index contributed by atoms with van der Waals surface area (Å²) in [7, 11) is -1.75. The van der Waals surface area contributed by atoms with E-state index < -0.39 is 9.84 Å². The van der Waals surface area contributed by atoms with Crippen LogP contribution in [0.25, 0.3) is 11.1 Å². The molecule has 1 aromatic carbocycles. The van der Waals surface area contributed by atoms with Gasteiger partial charge >= 0.3 is 0 Å². The van der Waals surface area contributed by atoms with E-state index in [-0.39, 0.29) is 4.90 Å². The van der Waals surface area contributed by atoms with Gasteiger partial charge < -0.3 is 10.5 Å². The Morgan fingerprint density at radius 1 is 1.26 bits per heavy atom. The number of nitrogens with zero attached hydrogens (tertiary/aromatic N) is 1. The third kappa shape index (κ3) is 2.85. The molecule has 6 heteroatoms. The van der Waals surface area contributed by atoms with E-state index in [4.69, 9.17) is 10.5 Å². The lowest BCUT2D eigenvalue weighted by Gasteiger charge is -2.09. The van der Waals surface area contributed by atoms with Crippen LogP contribution in [-0.2, 0) is 9.84 Å². The van der Waals surface area contributed by atoms with Gasteiger partial charge in [0.05, 0.1) is 23.9 Å². The van der Waals surface area contributed by atoms with Crippen molar-refractivity contribution in [2.75, 3.05) is 19.1 Å². The van der Waals surface area contributed by atoms with E-state index in [0.29, 0.717) is 22.7 Å². The number of hydrogen-bond acceptors (Lipinski definition) is 5. The Morgan fingerprint density at radius 3 is 2.63 bits per heavy atom. The van der Waals surface area contributed by atoms with E-state index in [0.717, 1.165) is 0 Å². The summed E-state index contributed by atoms with van der Waals surface area (Å²) in [5.74, 6) is 0.403. The van der Waals surface area contributed by atoms with E-state index in [1.807, 2.05) is 0 Å². The molecule has 0 bridgehead atoms. The van der Waals surface area contributed by atoms with Crippen molar-refractivity contribution in [3.8, 4) is 17.0 Å². The molecule has 100 valence electrons. The Bertz CT molecular complexity index is 712. The molecule has 0 amide bonds. The lowest BCUT2D eigenvalue weighted by Crippen LogP contribution is -1.98. The number of rotatable bonds is 3. The minimum atomic E-state index is -3.26. The van der Waals surface area contributed by atoms with Crippen LogP contribution < -0.4 is 10.5 Å². The predicted molar refractivity (Wildman–Crippen MR) is 73.7 cm³/mol. The molecule has 0 saturated carbocycles. The zero-order chi connectivity index (χ0) is 14.0. The zero-order valence-electron chi connectivity index (χ0n) is 10.6. The molecule has 2 aromatic rings. The van der Waals surface area contributed by atoms with E-state index in [9.17, 15) is 8.42 Å². The fraction of sp³-hybridized carbons (Fsp3) is 0.154. The second-order valence-electron chi connectivity index (χ2n) is 4.13. The van der Waals surface area contributed by atoms with E-state index in [2.05, 4.69) is 4.98 Å². The summed E-state index contributed by atoms with van der Waals surface area (Å²) in [6, 6.07) is 8.29. The zero-order valence-corrected chi connectivity index (χ0v) is 11.4. The van der Waals surface area contributed by atoms with Gasteiger partial charge in [-0.2, -0.15) is 0 Å². The Hall–Kier alpha value is -2.08. The minimum absolute atomic E-state index is 0.245. The van der Waals surface area contributed by atoms with Crippen LogP contribution in [0.3, 0.4) is 0 Å². The fourth-order valence-electron chi connectivity index (χ4n) is 1.73. The predicted octanol–water partition coefficient (Wildman–Crippen LogP) is 1.74. The number of benzene rings is 1. The first-order chi connectivity index (χ1) is 8.91. The van der Waals surface area contributed by atoms with Crippen LogP contribution in [0.15, 0.2) is 41.4 Å². The van der Waals surface area contributed by atoms with E-state index in [1.165, 1.54) is 19.6 Å². The Kier molecular flexibility index (Phi) is 3.44. The number of anilines is 1. The number of sulfone groups is 1. The number of aromatic nitrogens is 1. The van der Waals surface area contributed by atoms with Gasteiger partial charge in [-0.1, -0.05) is 12.1 Å². The maximum absolute atomic E-state index is 11.6. The van der Waals surface area contributed by atoms with Gasteiger partial charge in [0.25, 0.3) is 0 Å². The number of methoxy groups -OCH3 is 1. The second kappa shape index (κ2) is 4.89. The minimum Gasteiger partial charge on any atom is -0.481 e. The van der Waals surface area contributed by atoms with Crippen LogP contribution in [0.4, 0.5) is 5.69 Å². The van der Waals surface area contributed by atoms with E-state index in [1.54, 1.807) is 30.3 Å². The van der Waals surface area contributed by atoms with Gasteiger partial charge in [-0.3, -0.25) is 0 Å². The highest BCUT2D eigenvalue weighted by Crippen LogP contribution is 2.30. The molecular formula is C13H14N2O3S. The summed E-state index contributed by atoms with van der Waals surface area (Å²) < 4.78 is 28.3. The van der Waals surface area contributed by atoms with Crippen molar-refractivity contribution in [1.82, 2.24) is 4.98 Å². The van der Waals surface area contributed by atoms with Gasteiger partial charge in [0.15, 0.2) is 9.84 Å². The molecule has 19 heavy (non-hydrogen) atoms. The van der Waals surface area contributed by atoms with Crippen LogP contribution >= 0.6 is 0 Å². The Morgan fingerprint density at radius 2 is 2.00 bits per heavy atom.